The molecule has 0 bridgehead atoms. The molecule has 0 saturated heterocycles. The Balaban J connectivity index is 3.53. The smallest absolute Gasteiger partial charge is 0.160 e. The first kappa shape index (κ1) is 8.91. The molecule has 0 heterocycles. The fourth-order valence-corrected chi connectivity index (χ4v) is 0.954. The molecule has 0 aliphatic rings. The molecule has 56 valence electrons. The highest BCUT2D eigenvalue weighted by molar-refractivity contribution is 7.90. The van der Waals surface area contributed by atoms with Crippen LogP contribution in [0.4, 0.5) is 0 Å². The van der Waals surface area contributed by atoms with Gasteiger partial charge in [0.25, 0.3) is 0 Å². The second-order valence-electron chi connectivity index (χ2n) is 2.43. The van der Waals surface area contributed by atoms with Gasteiger partial charge in [0.1, 0.15) is 0 Å². The van der Waals surface area contributed by atoms with Crippen molar-refractivity contribution in [2.75, 3.05) is 12.1 Å². The molecule has 0 saturated carbocycles. The van der Waals surface area contributed by atoms with Gasteiger partial charge in [0.15, 0.2) is 9.84 Å². The van der Waals surface area contributed by atoms with E-state index in [0.717, 1.165) is 0 Å². The maximum atomic E-state index is 10.5. The van der Waals surface area contributed by atoms with E-state index >= 15 is 0 Å². The number of hydrogen-bond acceptors (Lipinski definition) is 3. The molecule has 0 aromatic heterocycles. The molecule has 0 aromatic carbocycles. The molecule has 0 spiro atoms. The Kier molecular flexibility index (Phi) is 3.14. The fraction of sp³-hybridized carbons (Fsp3) is 1.00. The molecule has 9 heavy (non-hydrogen) atoms. The van der Waals surface area contributed by atoms with Crippen molar-refractivity contribution < 1.29 is 8.42 Å². The van der Waals surface area contributed by atoms with Crippen molar-refractivity contribution in [3.8, 4) is 0 Å². The summed E-state index contributed by atoms with van der Waals surface area (Å²) in [5, 5.41) is 2.80. The van der Waals surface area contributed by atoms with Gasteiger partial charge in [-0.15, -0.1) is 0 Å². The lowest BCUT2D eigenvalue weighted by Crippen LogP contribution is -2.28. The van der Waals surface area contributed by atoms with Crippen molar-refractivity contribution in [1.82, 2.24) is 5.32 Å². The second-order valence-corrected chi connectivity index (χ2v) is 4.57. The van der Waals surface area contributed by atoms with Crippen LogP contribution in [0.5, 0.6) is 0 Å². The highest BCUT2D eigenvalue weighted by atomic mass is 32.2. The summed E-state index contributed by atoms with van der Waals surface area (Å²) >= 11 is 0. The van der Waals surface area contributed by atoms with Gasteiger partial charge in [-0.2, -0.15) is 0 Å². The van der Waals surface area contributed by atoms with Crippen molar-refractivity contribution in [2.24, 2.45) is 0 Å². The van der Waals surface area contributed by atoms with Gasteiger partial charge in [0.05, 0.1) is 5.88 Å². The number of rotatable bonds is 3. The minimum absolute atomic E-state index is 0.0741. The van der Waals surface area contributed by atoms with E-state index in [4.69, 9.17) is 0 Å². The van der Waals surface area contributed by atoms with Crippen LogP contribution in [0.15, 0.2) is 0 Å². The number of nitrogens with one attached hydrogen (secondary N) is 1. The summed E-state index contributed by atoms with van der Waals surface area (Å²) in [6.07, 6.45) is 1.21. The maximum absolute atomic E-state index is 10.5. The van der Waals surface area contributed by atoms with Crippen LogP contribution in [0.2, 0.25) is 0 Å². The van der Waals surface area contributed by atoms with E-state index in [-0.39, 0.29) is 11.9 Å². The highest BCUT2D eigenvalue weighted by Gasteiger charge is 2.00. The molecule has 1 N–H and O–H groups in total. The molecule has 0 rings (SSSR count). The Morgan fingerprint density at radius 1 is 1.44 bits per heavy atom. The Hall–Kier alpha value is -0.0900. The molecule has 3 nitrogen and oxygen atoms in total. The summed E-state index contributed by atoms with van der Waals surface area (Å²) < 4.78 is 20.9. The SMILES string of the molecule is CC(C)NCS(C)(=O)=O. The van der Waals surface area contributed by atoms with Gasteiger partial charge in [-0.05, 0) is 0 Å². The van der Waals surface area contributed by atoms with Gasteiger partial charge in [-0.3, -0.25) is 0 Å². The topological polar surface area (TPSA) is 46.2 Å². The summed E-state index contributed by atoms with van der Waals surface area (Å²) in [6.45, 7) is 3.82. The van der Waals surface area contributed by atoms with Gasteiger partial charge in [0.2, 0.25) is 0 Å². The fourth-order valence-electron chi connectivity index (χ4n) is 0.318. The molecule has 0 aliphatic carbocycles. The Labute approximate surface area is 56.4 Å². The molecule has 0 aliphatic heterocycles. The zero-order chi connectivity index (χ0) is 7.49. The number of sulfone groups is 1. The average molecular weight is 151 g/mol. The van der Waals surface area contributed by atoms with E-state index < -0.39 is 9.84 Å². The third-order valence-electron chi connectivity index (χ3n) is 0.754. The predicted octanol–water partition coefficient (Wildman–Crippen LogP) is -0.0135. The first-order chi connectivity index (χ1) is 3.92. The summed E-state index contributed by atoms with van der Waals surface area (Å²) in [6, 6.07) is 0.236. The second kappa shape index (κ2) is 3.17. The summed E-state index contributed by atoms with van der Waals surface area (Å²) in [5.74, 6) is 0.0741. The van der Waals surface area contributed by atoms with Crippen molar-refractivity contribution >= 4 is 9.84 Å². The van der Waals surface area contributed by atoms with Gasteiger partial charge in [-0.25, -0.2) is 8.42 Å². The Bertz CT molecular complexity index is 160. The Morgan fingerprint density at radius 2 is 1.89 bits per heavy atom. The van der Waals surface area contributed by atoms with Crippen LogP contribution in [-0.4, -0.2) is 26.6 Å². The minimum atomic E-state index is -2.83. The van der Waals surface area contributed by atoms with Crippen molar-refractivity contribution in [3.63, 3.8) is 0 Å². The quantitative estimate of drug-likeness (QED) is 0.617. The zero-order valence-electron chi connectivity index (χ0n) is 6.01. The van der Waals surface area contributed by atoms with Crippen LogP contribution in [0.25, 0.3) is 0 Å². The molecule has 0 amide bonds. The average Bonchev–Trinajstić information content (AvgIpc) is 1.59. The molecule has 0 aromatic rings. The highest BCUT2D eigenvalue weighted by Crippen LogP contribution is 1.80. The number of hydrogen-bond donors (Lipinski definition) is 1. The molecule has 0 atom stereocenters. The maximum Gasteiger partial charge on any atom is 0.160 e. The molecule has 0 fully saturated rings. The van der Waals surface area contributed by atoms with Gasteiger partial charge < -0.3 is 5.32 Å². The van der Waals surface area contributed by atoms with Crippen molar-refractivity contribution in [1.29, 1.82) is 0 Å². The largest absolute Gasteiger partial charge is 0.301 e. The lowest BCUT2D eigenvalue weighted by Gasteiger charge is -2.04. The van der Waals surface area contributed by atoms with E-state index in [1.807, 2.05) is 13.8 Å². The Morgan fingerprint density at radius 3 is 2.00 bits per heavy atom. The van der Waals surface area contributed by atoms with Crippen LogP contribution < -0.4 is 5.32 Å². The summed E-state index contributed by atoms with van der Waals surface area (Å²) in [7, 11) is -2.83. The predicted molar refractivity (Wildman–Crippen MR) is 38.0 cm³/mol. The first-order valence-electron chi connectivity index (χ1n) is 2.83. The first-order valence-corrected chi connectivity index (χ1v) is 4.89. The van der Waals surface area contributed by atoms with Gasteiger partial charge >= 0.3 is 0 Å². The monoisotopic (exact) mass is 151 g/mol. The third-order valence-corrected chi connectivity index (χ3v) is 1.44. The third kappa shape index (κ3) is 7.91. The lowest BCUT2D eigenvalue weighted by molar-refractivity contribution is 0.578. The molecular weight excluding hydrogens is 138 g/mol. The standard InChI is InChI=1S/C5H13NO2S/c1-5(2)6-4-9(3,7)8/h5-6H,4H2,1-3H3. The van der Waals surface area contributed by atoms with Crippen molar-refractivity contribution in [3.05, 3.63) is 0 Å². The van der Waals surface area contributed by atoms with Crippen LogP contribution in [0.3, 0.4) is 0 Å². The zero-order valence-corrected chi connectivity index (χ0v) is 6.83. The summed E-state index contributed by atoms with van der Waals surface area (Å²) in [4.78, 5) is 0. The van der Waals surface area contributed by atoms with E-state index in [1.54, 1.807) is 0 Å². The van der Waals surface area contributed by atoms with Crippen LogP contribution >= 0.6 is 0 Å². The normalized spacial score (nSPS) is 12.4. The molecule has 4 heteroatoms. The van der Waals surface area contributed by atoms with E-state index in [0.29, 0.717) is 0 Å². The van der Waals surface area contributed by atoms with Gasteiger partial charge in [-0.1, -0.05) is 13.8 Å². The summed E-state index contributed by atoms with van der Waals surface area (Å²) in [5.41, 5.74) is 0. The van der Waals surface area contributed by atoms with E-state index in [1.165, 1.54) is 6.26 Å². The van der Waals surface area contributed by atoms with Gasteiger partial charge in [0, 0.05) is 12.3 Å². The van der Waals surface area contributed by atoms with E-state index in [2.05, 4.69) is 5.32 Å². The molecule has 0 unspecified atom stereocenters. The minimum Gasteiger partial charge on any atom is -0.301 e. The van der Waals surface area contributed by atoms with Crippen molar-refractivity contribution in [2.45, 2.75) is 19.9 Å². The molecular formula is C5H13NO2S. The van der Waals surface area contributed by atoms with Crippen LogP contribution in [0.1, 0.15) is 13.8 Å². The lowest BCUT2D eigenvalue weighted by atomic mass is 10.4. The molecule has 0 radical (unpaired) electrons. The van der Waals surface area contributed by atoms with Crippen LogP contribution in [-0.2, 0) is 9.84 Å². The van der Waals surface area contributed by atoms with Crippen LogP contribution in [0, 0.1) is 0 Å². The van der Waals surface area contributed by atoms with E-state index in [9.17, 15) is 8.42 Å².